The van der Waals surface area contributed by atoms with Gasteiger partial charge < -0.3 is 20.1 Å². The van der Waals surface area contributed by atoms with Crippen molar-refractivity contribution < 1.29 is 4.79 Å². The van der Waals surface area contributed by atoms with E-state index in [2.05, 4.69) is 51.9 Å². The van der Waals surface area contributed by atoms with Crippen molar-refractivity contribution in [3.8, 4) is 5.69 Å². The van der Waals surface area contributed by atoms with Crippen LogP contribution in [-0.4, -0.2) is 32.0 Å². The number of rotatable bonds is 7. The molecule has 2 atom stereocenters. The van der Waals surface area contributed by atoms with Crippen molar-refractivity contribution in [1.29, 1.82) is 0 Å². The van der Waals surface area contributed by atoms with Gasteiger partial charge in [-0.2, -0.15) is 0 Å². The van der Waals surface area contributed by atoms with Crippen molar-refractivity contribution in [2.45, 2.75) is 46.2 Å². The minimum absolute atomic E-state index is 0.0513. The van der Waals surface area contributed by atoms with Crippen LogP contribution in [0.1, 0.15) is 52.3 Å². The number of nitrogens with one attached hydrogen (secondary N) is 2. The smallest absolute Gasteiger partial charge is 0.226 e. The SMILES string of the molecule is Cc1cccc(NC(=O)CCN2C(=S)N[C@H](c3ccccn3)[C@H]2c2c(C)c(C)n(-c3cccc(Cl)c3)c2C)c1. The van der Waals surface area contributed by atoms with Crippen LogP contribution in [0.3, 0.4) is 0 Å². The van der Waals surface area contributed by atoms with E-state index >= 15 is 0 Å². The standard InChI is InChI=1S/C31H32ClN5OS/c1-19-9-7-11-24(17-19)34-27(38)14-16-36-30(29(35-31(36)39)26-13-5-6-15-33-26)28-20(2)21(3)37(22(28)4)25-12-8-10-23(32)18-25/h5-13,15,17-18,29-30H,14,16H2,1-4H3,(H,34,38)(H,35,39)/t29-,30-/m1/s1. The lowest BCUT2D eigenvalue weighted by Gasteiger charge is -2.29. The molecule has 1 aliphatic heterocycles. The van der Waals surface area contributed by atoms with E-state index in [4.69, 9.17) is 23.8 Å². The summed E-state index contributed by atoms with van der Waals surface area (Å²) < 4.78 is 2.25. The Morgan fingerprint density at radius 2 is 1.82 bits per heavy atom. The second-order valence-electron chi connectivity index (χ2n) is 10.0. The molecule has 0 spiro atoms. The molecular weight excluding hydrogens is 526 g/mol. The molecule has 0 saturated carbocycles. The Labute approximate surface area is 240 Å². The van der Waals surface area contributed by atoms with E-state index in [9.17, 15) is 4.79 Å². The summed E-state index contributed by atoms with van der Waals surface area (Å²) in [7, 11) is 0. The van der Waals surface area contributed by atoms with E-state index in [0.717, 1.165) is 34.0 Å². The highest BCUT2D eigenvalue weighted by molar-refractivity contribution is 7.80. The second-order valence-corrected chi connectivity index (χ2v) is 10.8. The van der Waals surface area contributed by atoms with Crippen molar-refractivity contribution in [2.75, 3.05) is 11.9 Å². The lowest BCUT2D eigenvalue weighted by molar-refractivity contribution is -0.116. The highest BCUT2D eigenvalue weighted by Gasteiger charge is 2.42. The number of hydrogen-bond donors (Lipinski definition) is 2. The lowest BCUT2D eigenvalue weighted by atomic mass is 9.93. The third-order valence-corrected chi connectivity index (χ3v) is 8.04. The molecular formula is C31H32ClN5OS. The first-order valence-corrected chi connectivity index (χ1v) is 13.8. The topological polar surface area (TPSA) is 62.2 Å². The first-order chi connectivity index (χ1) is 18.7. The van der Waals surface area contributed by atoms with Gasteiger partial charge in [-0.1, -0.05) is 35.9 Å². The van der Waals surface area contributed by atoms with Gasteiger partial charge >= 0.3 is 0 Å². The fourth-order valence-electron chi connectivity index (χ4n) is 5.57. The maximum Gasteiger partial charge on any atom is 0.226 e. The van der Waals surface area contributed by atoms with Crippen LogP contribution in [-0.2, 0) is 4.79 Å². The van der Waals surface area contributed by atoms with Gasteiger partial charge in [-0.15, -0.1) is 0 Å². The van der Waals surface area contributed by atoms with E-state index in [1.165, 1.54) is 11.1 Å². The molecule has 8 heteroatoms. The van der Waals surface area contributed by atoms with Gasteiger partial charge in [-0.3, -0.25) is 9.78 Å². The molecule has 1 amide bonds. The van der Waals surface area contributed by atoms with Gasteiger partial charge in [0, 0.05) is 52.5 Å². The number of pyridine rings is 1. The monoisotopic (exact) mass is 557 g/mol. The number of anilines is 1. The molecule has 5 rings (SSSR count). The van der Waals surface area contributed by atoms with Crippen LogP contribution in [0.2, 0.25) is 5.02 Å². The molecule has 1 aliphatic rings. The Bertz CT molecular complexity index is 1530. The average Bonchev–Trinajstić information content (AvgIpc) is 3.34. The number of amides is 1. The van der Waals surface area contributed by atoms with Gasteiger partial charge in [-0.05, 0) is 93.5 Å². The van der Waals surface area contributed by atoms with Gasteiger partial charge in [0.25, 0.3) is 0 Å². The maximum atomic E-state index is 13.0. The molecule has 2 aromatic carbocycles. The Hall–Kier alpha value is -3.68. The number of aromatic nitrogens is 2. The third-order valence-electron chi connectivity index (χ3n) is 7.45. The van der Waals surface area contributed by atoms with Gasteiger partial charge in [0.15, 0.2) is 5.11 Å². The fraction of sp³-hybridized carbons (Fsp3) is 0.258. The maximum absolute atomic E-state index is 13.0. The molecule has 0 radical (unpaired) electrons. The normalized spacial score (nSPS) is 16.8. The minimum atomic E-state index is -0.162. The number of nitrogens with zero attached hydrogens (tertiary/aromatic N) is 3. The summed E-state index contributed by atoms with van der Waals surface area (Å²) >= 11 is 12.2. The van der Waals surface area contributed by atoms with E-state index in [1.807, 2.05) is 67.6 Å². The molecule has 2 aromatic heterocycles. The van der Waals surface area contributed by atoms with Gasteiger partial charge in [-0.25, -0.2) is 0 Å². The van der Waals surface area contributed by atoms with Gasteiger partial charge in [0.05, 0.1) is 17.8 Å². The Morgan fingerprint density at radius 1 is 1.03 bits per heavy atom. The Balaban J connectivity index is 1.51. The minimum Gasteiger partial charge on any atom is -0.352 e. The number of hydrogen-bond acceptors (Lipinski definition) is 3. The summed E-state index contributed by atoms with van der Waals surface area (Å²) in [6.45, 7) is 8.89. The van der Waals surface area contributed by atoms with E-state index in [1.54, 1.807) is 6.20 Å². The van der Waals surface area contributed by atoms with Crippen LogP contribution in [0, 0.1) is 27.7 Å². The first kappa shape index (κ1) is 26.9. The van der Waals surface area contributed by atoms with Crippen molar-refractivity contribution in [2.24, 2.45) is 0 Å². The quantitative estimate of drug-likeness (QED) is 0.246. The van der Waals surface area contributed by atoms with Crippen LogP contribution < -0.4 is 10.6 Å². The lowest BCUT2D eigenvalue weighted by Crippen LogP contribution is -2.33. The molecule has 2 N–H and O–H groups in total. The largest absolute Gasteiger partial charge is 0.352 e. The number of aryl methyl sites for hydroxylation is 1. The fourth-order valence-corrected chi connectivity index (χ4v) is 6.09. The molecule has 4 aromatic rings. The molecule has 3 heterocycles. The first-order valence-electron chi connectivity index (χ1n) is 13.0. The predicted molar refractivity (Wildman–Crippen MR) is 162 cm³/mol. The molecule has 0 bridgehead atoms. The summed E-state index contributed by atoms with van der Waals surface area (Å²) in [5, 5.41) is 7.85. The average molecular weight is 558 g/mol. The van der Waals surface area contributed by atoms with E-state index in [0.29, 0.717) is 23.1 Å². The predicted octanol–water partition coefficient (Wildman–Crippen LogP) is 6.76. The summed E-state index contributed by atoms with van der Waals surface area (Å²) in [5.41, 5.74) is 8.42. The van der Waals surface area contributed by atoms with Gasteiger partial charge in [0.2, 0.25) is 5.91 Å². The molecule has 1 saturated heterocycles. The van der Waals surface area contributed by atoms with Crippen LogP contribution in [0.4, 0.5) is 5.69 Å². The molecule has 0 unspecified atom stereocenters. The van der Waals surface area contributed by atoms with Crippen molar-refractivity contribution >= 4 is 40.5 Å². The number of carbonyl (C=O) groups excluding carboxylic acids is 1. The van der Waals surface area contributed by atoms with Crippen LogP contribution >= 0.6 is 23.8 Å². The van der Waals surface area contributed by atoms with Crippen LogP contribution in [0.25, 0.3) is 5.69 Å². The van der Waals surface area contributed by atoms with Crippen molar-refractivity contribution in [3.05, 3.63) is 112 Å². The zero-order valence-corrected chi connectivity index (χ0v) is 24.1. The molecule has 200 valence electrons. The summed E-state index contributed by atoms with van der Waals surface area (Å²) in [6, 6.07) is 21.3. The van der Waals surface area contributed by atoms with E-state index < -0.39 is 0 Å². The van der Waals surface area contributed by atoms with Crippen LogP contribution in [0.15, 0.2) is 72.9 Å². The number of benzene rings is 2. The number of carbonyl (C=O) groups is 1. The van der Waals surface area contributed by atoms with Crippen molar-refractivity contribution in [3.63, 3.8) is 0 Å². The van der Waals surface area contributed by atoms with Crippen molar-refractivity contribution in [1.82, 2.24) is 19.8 Å². The summed E-state index contributed by atoms with van der Waals surface area (Å²) in [6.07, 6.45) is 2.10. The molecule has 6 nitrogen and oxygen atoms in total. The zero-order valence-electron chi connectivity index (χ0n) is 22.5. The molecule has 1 fully saturated rings. The summed E-state index contributed by atoms with van der Waals surface area (Å²) in [4.78, 5) is 19.8. The van der Waals surface area contributed by atoms with Gasteiger partial charge in [0.1, 0.15) is 0 Å². The Kier molecular flexibility index (Phi) is 7.73. The Morgan fingerprint density at radius 3 is 2.54 bits per heavy atom. The van der Waals surface area contributed by atoms with E-state index in [-0.39, 0.29) is 18.0 Å². The zero-order chi connectivity index (χ0) is 27.7. The second kappa shape index (κ2) is 11.2. The molecule has 0 aliphatic carbocycles. The van der Waals surface area contributed by atoms with Crippen LogP contribution in [0.5, 0.6) is 0 Å². The molecule has 39 heavy (non-hydrogen) atoms. The summed E-state index contributed by atoms with van der Waals surface area (Å²) in [5.74, 6) is -0.0513. The third kappa shape index (κ3) is 5.42. The number of halogens is 1. The highest BCUT2D eigenvalue weighted by atomic mass is 35.5. The number of thiocarbonyl (C=S) groups is 1. The highest BCUT2D eigenvalue weighted by Crippen LogP contribution is 2.43.